The molecule has 13 heavy (non-hydrogen) atoms. The Hall–Kier alpha value is -1.42. The SMILES string of the molecule is Nc1nc(Cl)c2cc(F)ccc2n1. The van der Waals surface area contributed by atoms with Crippen molar-refractivity contribution in [2.75, 3.05) is 5.73 Å². The second-order valence-corrected chi connectivity index (χ2v) is 2.89. The lowest BCUT2D eigenvalue weighted by atomic mass is 10.2. The molecular weight excluding hydrogens is 193 g/mol. The molecule has 0 spiro atoms. The predicted molar refractivity (Wildman–Crippen MR) is 48.9 cm³/mol. The smallest absolute Gasteiger partial charge is 0.222 e. The second-order valence-electron chi connectivity index (χ2n) is 2.53. The summed E-state index contributed by atoms with van der Waals surface area (Å²) >= 11 is 5.74. The highest BCUT2D eigenvalue weighted by atomic mass is 35.5. The summed E-state index contributed by atoms with van der Waals surface area (Å²) in [5.41, 5.74) is 5.90. The van der Waals surface area contributed by atoms with Gasteiger partial charge in [-0.2, -0.15) is 0 Å². The maximum Gasteiger partial charge on any atom is 0.222 e. The normalized spacial score (nSPS) is 10.6. The molecule has 0 atom stereocenters. The van der Waals surface area contributed by atoms with Gasteiger partial charge in [0.05, 0.1) is 5.52 Å². The van der Waals surface area contributed by atoms with Gasteiger partial charge in [-0.25, -0.2) is 14.4 Å². The number of halogens is 2. The minimum atomic E-state index is -0.372. The van der Waals surface area contributed by atoms with Crippen LogP contribution in [0.3, 0.4) is 0 Å². The van der Waals surface area contributed by atoms with Gasteiger partial charge in [0.2, 0.25) is 5.95 Å². The van der Waals surface area contributed by atoms with Crippen LogP contribution in [0.25, 0.3) is 10.9 Å². The molecule has 0 aliphatic heterocycles. The first-order valence-electron chi connectivity index (χ1n) is 3.55. The molecule has 1 heterocycles. The fourth-order valence-electron chi connectivity index (χ4n) is 1.08. The van der Waals surface area contributed by atoms with Crippen molar-refractivity contribution in [1.82, 2.24) is 9.97 Å². The molecule has 66 valence electrons. The Balaban J connectivity index is 2.87. The molecular formula is C8H5ClFN3. The molecule has 0 fully saturated rings. The van der Waals surface area contributed by atoms with E-state index in [0.29, 0.717) is 10.9 Å². The van der Waals surface area contributed by atoms with E-state index in [-0.39, 0.29) is 16.9 Å². The maximum atomic E-state index is 12.8. The maximum absolute atomic E-state index is 12.8. The Labute approximate surface area is 78.4 Å². The highest BCUT2D eigenvalue weighted by molar-refractivity contribution is 6.34. The Kier molecular flexibility index (Phi) is 1.77. The van der Waals surface area contributed by atoms with Crippen LogP contribution >= 0.6 is 11.6 Å². The van der Waals surface area contributed by atoms with Crippen LogP contribution in [0.1, 0.15) is 0 Å². The quantitative estimate of drug-likeness (QED) is 0.658. The van der Waals surface area contributed by atoms with E-state index in [4.69, 9.17) is 17.3 Å². The van der Waals surface area contributed by atoms with E-state index in [1.54, 1.807) is 0 Å². The molecule has 0 saturated carbocycles. The van der Waals surface area contributed by atoms with Gasteiger partial charge in [0.15, 0.2) is 0 Å². The molecule has 2 rings (SSSR count). The first-order chi connectivity index (χ1) is 6.16. The highest BCUT2D eigenvalue weighted by Gasteiger charge is 2.04. The van der Waals surface area contributed by atoms with Crippen LogP contribution in [-0.2, 0) is 0 Å². The third-order valence-corrected chi connectivity index (χ3v) is 1.92. The summed E-state index contributed by atoms with van der Waals surface area (Å²) in [6, 6.07) is 4.08. The van der Waals surface area contributed by atoms with E-state index in [1.807, 2.05) is 0 Å². The van der Waals surface area contributed by atoms with Crippen molar-refractivity contribution < 1.29 is 4.39 Å². The number of nitrogens with zero attached hydrogens (tertiary/aromatic N) is 2. The highest BCUT2D eigenvalue weighted by Crippen LogP contribution is 2.21. The van der Waals surface area contributed by atoms with Crippen LogP contribution in [0.5, 0.6) is 0 Å². The third kappa shape index (κ3) is 1.40. The standard InChI is InChI=1S/C8H5ClFN3/c9-7-5-3-4(10)1-2-6(5)12-8(11)13-7/h1-3H,(H2,11,12,13). The third-order valence-electron chi connectivity index (χ3n) is 1.63. The van der Waals surface area contributed by atoms with Gasteiger partial charge >= 0.3 is 0 Å². The number of rotatable bonds is 0. The van der Waals surface area contributed by atoms with Gasteiger partial charge in [-0.3, -0.25) is 0 Å². The molecule has 0 amide bonds. The van der Waals surface area contributed by atoms with Crippen LogP contribution in [0.15, 0.2) is 18.2 Å². The zero-order valence-electron chi connectivity index (χ0n) is 6.46. The van der Waals surface area contributed by atoms with Gasteiger partial charge in [-0.05, 0) is 18.2 Å². The number of hydrogen-bond acceptors (Lipinski definition) is 3. The predicted octanol–water partition coefficient (Wildman–Crippen LogP) is 2.00. The monoisotopic (exact) mass is 197 g/mol. The van der Waals surface area contributed by atoms with Crippen molar-refractivity contribution in [1.29, 1.82) is 0 Å². The van der Waals surface area contributed by atoms with E-state index in [2.05, 4.69) is 9.97 Å². The van der Waals surface area contributed by atoms with Crippen molar-refractivity contribution in [3.63, 3.8) is 0 Å². The number of nitrogens with two attached hydrogens (primary N) is 1. The summed E-state index contributed by atoms with van der Waals surface area (Å²) in [6.45, 7) is 0. The summed E-state index contributed by atoms with van der Waals surface area (Å²) in [7, 11) is 0. The van der Waals surface area contributed by atoms with Crippen LogP contribution in [0, 0.1) is 5.82 Å². The average molecular weight is 198 g/mol. The van der Waals surface area contributed by atoms with Crippen molar-refractivity contribution in [3.8, 4) is 0 Å². The summed E-state index contributed by atoms with van der Waals surface area (Å²) in [6.07, 6.45) is 0. The largest absolute Gasteiger partial charge is 0.368 e. The topological polar surface area (TPSA) is 51.8 Å². The minimum absolute atomic E-state index is 0.0871. The number of aromatic nitrogens is 2. The van der Waals surface area contributed by atoms with Crippen LogP contribution in [0.2, 0.25) is 5.15 Å². The number of anilines is 1. The second kappa shape index (κ2) is 2.81. The van der Waals surface area contributed by atoms with Crippen LogP contribution in [-0.4, -0.2) is 9.97 Å². The molecule has 1 aromatic heterocycles. The first-order valence-corrected chi connectivity index (χ1v) is 3.93. The Morgan fingerprint density at radius 1 is 1.31 bits per heavy atom. The van der Waals surface area contributed by atoms with Crippen LogP contribution in [0.4, 0.5) is 10.3 Å². The lowest BCUT2D eigenvalue weighted by molar-refractivity contribution is 0.629. The summed E-state index contributed by atoms with van der Waals surface area (Å²) in [4.78, 5) is 7.60. The fraction of sp³-hybridized carbons (Fsp3) is 0. The van der Waals surface area contributed by atoms with E-state index in [0.717, 1.165) is 0 Å². The van der Waals surface area contributed by atoms with E-state index in [1.165, 1.54) is 18.2 Å². The van der Waals surface area contributed by atoms with Gasteiger partial charge < -0.3 is 5.73 Å². The lowest BCUT2D eigenvalue weighted by Gasteiger charge is -1.99. The number of hydrogen-bond donors (Lipinski definition) is 1. The molecule has 0 aliphatic rings. The molecule has 0 radical (unpaired) electrons. The van der Waals surface area contributed by atoms with Gasteiger partial charge in [0.1, 0.15) is 11.0 Å². The molecule has 1 aromatic carbocycles. The first kappa shape index (κ1) is 8.19. The molecule has 3 nitrogen and oxygen atoms in total. The van der Waals surface area contributed by atoms with Gasteiger partial charge in [0.25, 0.3) is 0 Å². The van der Waals surface area contributed by atoms with Gasteiger partial charge in [-0.1, -0.05) is 11.6 Å². The van der Waals surface area contributed by atoms with Crippen LogP contribution < -0.4 is 5.73 Å². The zero-order chi connectivity index (χ0) is 9.42. The summed E-state index contributed by atoms with van der Waals surface area (Å²) in [5.74, 6) is -0.285. The van der Waals surface area contributed by atoms with E-state index < -0.39 is 0 Å². The van der Waals surface area contributed by atoms with Gasteiger partial charge in [-0.15, -0.1) is 0 Å². The molecule has 2 aromatic rings. The summed E-state index contributed by atoms with van der Waals surface area (Å²) in [5, 5.41) is 0.637. The van der Waals surface area contributed by atoms with Crippen molar-refractivity contribution in [3.05, 3.63) is 29.2 Å². The Bertz CT molecular complexity index is 472. The van der Waals surface area contributed by atoms with Crippen molar-refractivity contribution >= 4 is 28.5 Å². The lowest BCUT2D eigenvalue weighted by Crippen LogP contribution is -1.95. The Morgan fingerprint density at radius 2 is 2.08 bits per heavy atom. The summed E-state index contributed by atoms with van der Waals surface area (Å²) < 4.78 is 12.8. The van der Waals surface area contributed by atoms with Crippen molar-refractivity contribution in [2.45, 2.75) is 0 Å². The number of fused-ring (bicyclic) bond motifs is 1. The molecule has 2 N–H and O–H groups in total. The number of benzene rings is 1. The van der Waals surface area contributed by atoms with Gasteiger partial charge in [0, 0.05) is 5.39 Å². The molecule has 0 unspecified atom stereocenters. The molecule has 0 saturated heterocycles. The van der Waals surface area contributed by atoms with E-state index >= 15 is 0 Å². The molecule has 0 aliphatic carbocycles. The molecule has 0 bridgehead atoms. The molecule has 5 heteroatoms. The Morgan fingerprint density at radius 3 is 2.85 bits per heavy atom. The number of nitrogen functional groups attached to an aromatic ring is 1. The minimum Gasteiger partial charge on any atom is -0.368 e. The fourth-order valence-corrected chi connectivity index (χ4v) is 1.32. The average Bonchev–Trinajstić information content (AvgIpc) is 2.06. The van der Waals surface area contributed by atoms with E-state index in [9.17, 15) is 4.39 Å². The zero-order valence-corrected chi connectivity index (χ0v) is 7.22. The van der Waals surface area contributed by atoms with Crippen molar-refractivity contribution in [2.24, 2.45) is 0 Å².